The van der Waals surface area contributed by atoms with E-state index >= 15 is 0 Å². The molecule has 1 atom stereocenters. The third-order valence-electron chi connectivity index (χ3n) is 4.00. The van der Waals surface area contributed by atoms with E-state index in [1.165, 1.54) is 36.0 Å². The number of rotatable bonds is 5. The van der Waals surface area contributed by atoms with Gasteiger partial charge in [0.15, 0.2) is 0 Å². The molecule has 0 aromatic heterocycles. The molecule has 0 aliphatic carbocycles. The van der Waals surface area contributed by atoms with E-state index in [1.54, 1.807) is 0 Å². The first-order valence-corrected chi connectivity index (χ1v) is 8.05. The van der Waals surface area contributed by atoms with Gasteiger partial charge in [0.05, 0.1) is 0 Å². The van der Waals surface area contributed by atoms with Crippen molar-refractivity contribution in [3.63, 3.8) is 0 Å². The quantitative estimate of drug-likeness (QED) is 0.868. The topological polar surface area (TPSA) is 24.1 Å². The van der Waals surface area contributed by atoms with Crippen molar-refractivity contribution in [2.75, 3.05) is 26.2 Å². The molecule has 106 valence electrons. The van der Waals surface area contributed by atoms with Gasteiger partial charge in [0.1, 0.15) is 0 Å². The maximum atomic E-state index is 3.66. The SMILES string of the molecule is CC(C)(CNCC1CCCNC1)c1ccccc1Br. The van der Waals surface area contributed by atoms with Gasteiger partial charge in [-0.05, 0) is 50.0 Å². The monoisotopic (exact) mass is 324 g/mol. The molecule has 0 spiro atoms. The normalized spacial score (nSPS) is 20.5. The first-order valence-electron chi connectivity index (χ1n) is 7.26. The van der Waals surface area contributed by atoms with Crippen LogP contribution in [0.2, 0.25) is 0 Å². The summed E-state index contributed by atoms with van der Waals surface area (Å²) < 4.78 is 1.21. The summed E-state index contributed by atoms with van der Waals surface area (Å²) >= 11 is 3.66. The van der Waals surface area contributed by atoms with Crippen molar-refractivity contribution in [1.82, 2.24) is 10.6 Å². The molecule has 1 heterocycles. The van der Waals surface area contributed by atoms with Crippen molar-refractivity contribution in [3.05, 3.63) is 34.3 Å². The average molecular weight is 325 g/mol. The van der Waals surface area contributed by atoms with Gasteiger partial charge in [0, 0.05) is 16.4 Å². The number of hydrogen-bond acceptors (Lipinski definition) is 2. The molecule has 1 aromatic rings. The zero-order valence-electron chi connectivity index (χ0n) is 12.0. The molecule has 3 heteroatoms. The summed E-state index contributed by atoms with van der Waals surface area (Å²) in [6.45, 7) is 9.12. The highest BCUT2D eigenvalue weighted by molar-refractivity contribution is 9.10. The number of halogens is 1. The minimum atomic E-state index is 0.155. The molecule has 2 nitrogen and oxygen atoms in total. The Labute approximate surface area is 125 Å². The predicted octanol–water partition coefficient (Wildman–Crippen LogP) is 3.32. The standard InChI is InChI=1S/C16H25BrN2/c1-16(2,14-7-3-4-8-15(14)17)12-19-11-13-6-5-9-18-10-13/h3-4,7-8,13,18-19H,5-6,9-12H2,1-2H3. The molecule has 1 unspecified atom stereocenters. The highest BCUT2D eigenvalue weighted by atomic mass is 79.9. The minimum absolute atomic E-state index is 0.155. The lowest BCUT2D eigenvalue weighted by Gasteiger charge is -2.29. The van der Waals surface area contributed by atoms with Crippen LogP contribution in [0.1, 0.15) is 32.3 Å². The van der Waals surface area contributed by atoms with E-state index in [1.807, 2.05) is 0 Å². The maximum absolute atomic E-state index is 3.66. The van der Waals surface area contributed by atoms with Crippen LogP contribution < -0.4 is 10.6 Å². The van der Waals surface area contributed by atoms with Crippen LogP contribution in [0.25, 0.3) is 0 Å². The van der Waals surface area contributed by atoms with Crippen LogP contribution in [0.5, 0.6) is 0 Å². The lowest BCUT2D eigenvalue weighted by molar-refractivity contribution is 0.345. The van der Waals surface area contributed by atoms with Crippen molar-refractivity contribution < 1.29 is 0 Å². The Bertz CT molecular complexity index is 397. The van der Waals surface area contributed by atoms with Crippen LogP contribution in [0.15, 0.2) is 28.7 Å². The predicted molar refractivity (Wildman–Crippen MR) is 85.6 cm³/mol. The summed E-state index contributed by atoms with van der Waals surface area (Å²) in [5.74, 6) is 0.795. The Morgan fingerprint density at radius 2 is 2.16 bits per heavy atom. The van der Waals surface area contributed by atoms with Crippen molar-refractivity contribution in [2.24, 2.45) is 5.92 Å². The van der Waals surface area contributed by atoms with Crippen molar-refractivity contribution in [3.8, 4) is 0 Å². The van der Waals surface area contributed by atoms with Gasteiger partial charge in [0.2, 0.25) is 0 Å². The van der Waals surface area contributed by atoms with Gasteiger partial charge in [-0.15, -0.1) is 0 Å². The molecule has 1 aliphatic rings. The highest BCUT2D eigenvalue weighted by Crippen LogP contribution is 2.29. The van der Waals surface area contributed by atoms with E-state index in [2.05, 4.69) is 64.7 Å². The van der Waals surface area contributed by atoms with Crippen LogP contribution in [-0.4, -0.2) is 26.2 Å². The number of nitrogens with one attached hydrogen (secondary N) is 2. The zero-order valence-corrected chi connectivity index (χ0v) is 13.6. The third-order valence-corrected chi connectivity index (χ3v) is 4.69. The molecule has 0 amide bonds. The number of hydrogen-bond donors (Lipinski definition) is 2. The molecular weight excluding hydrogens is 300 g/mol. The van der Waals surface area contributed by atoms with E-state index in [0.717, 1.165) is 19.0 Å². The molecule has 2 rings (SSSR count). The second-order valence-electron chi connectivity index (χ2n) is 6.21. The maximum Gasteiger partial charge on any atom is 0.0213 e. The van der Waals surface area contributed by atoms with Gasteiger partial charge >= 0.3 is 0 Å². The Morgan fingerprint density at radius 3 is 2.84 bits per heavy atom. The van der Waals surface area contributed by atoms with Crippen molar-refractivity contribution in [1.29, 1.82) is 0 Å². The Morgan fingerprint density at radius 1 is 1.37 bits per heavy atom. The second-order valence-corrected chi connectivity index (χ2v) is 7.06. The van der Waals surface area contributed by atoms with Crippen LogP contribution in [0.3, 0.4) is 0 Å². The van der Waals surface area contributed by atoms with Gasteiger partial charge in [0.25, 0.3) is 0 Å². The summed E-state index contributed by atoms with van der Waals surface area (Å²) in [5, 5.41) is 7.14. The van der Waals surface area contributed by atoms with Crippen molar-refractivity contribution >= 4 is 15.9 Å². The summed E-state index contributed by atoms with van der Waals surface area (Å²) in [6, 6.07) is 8.54. The first kappa shape index (κ1) is 15.0. The molecule has 1 fully saturated rings. The summed E-state index contributed by atoms with van der Waals surface area (Å²) in [4.78, 5) is 0. The van der Waals surface area contributed by atoms with Gasteiger partial charge in [-0.2, -0.15) is 0 Å². The molecule has 0 radical (unpaired) electrons. The lowest BCUT2D eigenvalue weighted by atomic mass is 9.84. The Hall–Kier alpha value is -0.380. The summed E-state index contributed by atoms with van der Waals surface area (Å²) in [5.41, 5.74) is 1.53. The van der Waals surface area contributed by atoms with E-state index in [9.17, 15) is 0 Å². The van der Waals surface area contributed by atoms with Gasteiger partial charge in [-0.1, -0.05) is 48.0 Å². The minimum Gasteiger partial charge on any atom is -0.316 e. The molecule has 1 saturated heterocycles. The lowest BCUT2D eigenvalue weighted by Crippen LogP contribution is -2.40. The summed E-state index contributed by atoms with van der Waals surface area (Å²) in [6.07, 6.45) is 2.68. The molecule has 19 heavy (non-hydrogen) atoms. The van der Waals surface area contributed by atoms with Gasteiger partial charge < -0.3 is 10.6 Å². The van der Waals surface area contributed by atoms with Gasteiger partial charge in [-0.3, -0.25) is 0 Å². The van der Waals surface area contributed by atoms with E-state index < -0.39 is 0 Å². The molecule has 0 bridgehead atoms. The number of benzene rings is 1. The Kier molecular flexibility index (Phi) is 5.43. The van der Waals surface area contributed by atoms with E-state index in [0.29, 0.717) is 0 Å². The molecule has 0 saturated carbocycles. The van der Waals surface area contributed by atoms with Crippen LogP contribution in [-0.2, 0) is 5.41 Å². The van der Waals surface area contributed by atoms with E-state index in [-0.39, 0.29) is 5.41 Å². The first-order chi connectivity index (χ1) is 9.09. The second kappa shape index (κ2) is 6.87. The fourth-order valence-corrected chi connectivity index (χ4v) is 3.61. The van der Waals surface area contributed by atoms with Crippen LogP contribution in [0, 0.1) is 5.92 Å². The molecule has 1 aliphatic heterocycles. The fourth-order valence-electron chi connectivity index (χ4n) is 2.79. The largest absolute Gasteiger partial charge is 0.316 e. The molecule has 1 aromatic carbocycles. The average Bonchev–Trinajstić information content (AvgIpc) is 2.40. The Balaban J connectivity index is 1.85. The third kappa shape index (κ3) is 4.30. The van der Waals surface area contributed by atoms with Crippen LogP contribution >= 0.6 is 15.9 Å². The van der Waals surface area contributed by atoms with Crippen LogP contribution in [0.4, 0.5) is 0 Å². The number of piperidine rings is 1. The zero-order chi connectivity index (χ0) is 13.7. The highest BCUT2D eigenvalue weighted by Gasteiger charge is 2.23. The smallest absolute Gasteiger partial charge is 0.0213 e. The summed E-state index contributed by atoms with van der Waals surface area (Å²) in [7, 11) is 0. The fraction of sp³-hybridized carbons (Fsp3) is 0.625. The molecule has 2 N–H and O–H groups in total. The molecular formula is C16H25BrN2. The van der Waals surface area contributed by atoms with Crippen molar-refractivity contribution in [2.45, 2.75) is 32.1 Å². The van der Waals surface area contributed by atoms with E-state index in [4.69, 9.17) is 0 Å². The van der Waals surface area contributed by atoms with Gasteiger partial charge in [-0.25, -0.2) is 0 Å².